The molecule has 2 heterocycles. The second kappa shape index (κ2) is 4.70. The summed E-state index contributed by atoms with van der Waals surface area (Å²) in [6, 6.07) is 3.73. The van der Waals surface area contributed by atoms with Crippen LogP contribution in [-0.2, 0) is 4.79 Å². The lowest BCUT2D eigenvalue weighted by Gasteiger charge is -2.32. The summed E-state index contributed by atoms with van der Waals surface area (Å²) < 4.78 is 0. The summed E-state index contributed by atoms with van der Waals surface area (Å²) in [5.74, 6) is -0.826. The van der Waals surface area contributed by atoms with E-state index in [0.717, 1.165) is 31.6 Å². The fourth-order valence-corrected chi connectivity index (χ4v) is 2.49. The minimum absolute atomic E-state index is 0.257. The molecule has 16 heavy (non-hydrogen) atoms. The number of aliphatic carboxylic acids is 1. The van der Waals surface area contributed by atoms with E-state index in [1.54, 1.807) is 6.20 Å². The van der Waals surface area contributed by atoms with Crippen LogP contribution in [0.2, 0.25) is 0 Å². The SMILES string of the molecule is CN1CCC(C(C(=O)O)c2ccc[nH]2)CC1. The third-order valence-corrected chi connectivity index (χ3v) is 3.46. The Morgan fingerprint density at radius 2 is 2.25 bits per heavy atom. The van der Waals surface area contributed by atoms with Crippen molar-refractivity contribution in [3.05, 3.63) is 24.0 Å². The summed E-state index contributed by atoms with van der Waals surface area (Å²) in [5.41, 5.74) is 0.835. The van der Waals surface area contributed by atoms with E-state index in [4.69, 9.17) is 0 Å². The first kappa shape index (κ1) is 11.2. The van der Waals surface area contributed by atoms with Crippen LogP contribution in [0.25, 0.3) is 0 Å². The van der Waals surface area contributed by atoms with Crippen LogP contribution in [0.1, 0.15) is 24.5 Å². The monoisotopic (exact) mass is 222 g/mol. The van der Waals surface area contributed by atoms with Gasteiger partial charge < -0.3 is 15.0 Å². The van der Waals surface area contributed by atoms with Gasteiger partial charge in [-0.25, -0.2) is 0 Å². The summed E-state index contributed by atoms with van der Waals surface area (Å²) in [4.78, 5) is 16.6. The number of nitrogens with one attached hydrogen (secondary N) is 1. The zero-order valence-electron chi connectivity index (χ0n) is 9.52. The van der Waals surface area contributed by atoms with Gasteiger partial charge in [-0.15, -0.1) is 0 Å². The third kappa shape index (κ3) is 2.27. The van der Waals surface area contributed by atoms with E-state index in [-0.39, 0.29) is 11.8 Å². The zero-order valence-corrected chi connectivity index (χ0v) is 9.52. The summed E-state index contributed by atoms with van der Waals surface area (Å²) in [6.07, 6.45) is 3.72. The van der Waals surface area contributed by atoms with Crippen molar-refractivity contribution in [3.8, 4) is 0 Å². The molecule has 1 aliphatic rings. The molecule has 4 heteroatoms. The number of likely N-dealkylation sites (tertiary alicyclic amines) is 1. The molecule has 0 spiro atoms. The molecular formula is C12H18N2O2. The van der Waals surface area contributed by atoms with Crippen LogP contribution in [0.5, 0.6) is 0 Å². The molecule has 2 N–H and O–H groups in total. The molecular weight excluding hydrogens is 204 g/mol. The van der Waals surface area contributed by atoms with E-state index < -0.39 is 5.97 Å². The number of carboxylic acids is 1. The number of aromatic nitrogens is 1. The van der Waals surface area contributed by atoms with E-state index >= 15 is 0 Å². The Kier molecular flexibility index (Phi) is 3.29. The predicted octanol–water partition coefficient (Wildman–Crippen LogP) is 1.52. The summed E-state index contributed by atoms with van der Waals surface area (Å²) in [5, 5.41) is 9.33. The number of piperidine rings is 1. The number of carbonyl (C=O) groups is 1. The fraction of sp³-hybridized carbons (Fsp3) is 0.583. The highest BCUT2D eigenvalue weighted by molar-refractivity contribution is 5.75. The van der Waals surface area contributed by atoms with Gasteiger partial charge in [-0.3, -0.25) is 4.79 Å². The van der Waals surface area contributed by atoms with Gasteiger partial charge in [0.2, 0.25) is 0 Å². The molecule has 4 nitrogen and oxygen atoms in total. The summed E-state index contributed by atoms with van der Waals surface area (Å²) >= 11 is 0. The Labute approximate surface area is 95.3 Å². The quantitative estimate of drug-likeness (QED) is 0.815. The highest BCUT2D eigenvalue weighted by Crippen LogP contribution is 2.31. The smallest absolute Gasteiger partial charge is 0.312 e. The van der Waals surface area contributed by atoms with Gasteiger partial charge in [0, 0.05) is 11.9 Å². The first-order valence-electron chi connectivity index (χ1n) is 5.73. The van der Waals surface area contributed by atoms with Gasteiger partial charge in [0.25, 0.3) is 0 Å². The Morgan fingerprint density at radius 1 is 1.56 bits per heavy atom. The summed E-state index contributed by atoms with van der Waals surface area (Å²) in [6.45, 7) is 1.99. The molecule has 0 aliphatic carbocycles. The second-order valence-corrected chi connectivity index (χ2v) is 4.58. The maximum atomic E-state index is 11.3. The predicted molar refractivity (Wildman–Crippen MR) is 61.4 cm³/mol. The molecule has 1 saturated heterocycles. The van der Waals surface area contributed by atoms with Gasteiger partial charge >= 0.3 is 5.97 Å². The van der Waals surface area contributed by atoms with Crippen LogP contribution < -0.4 is 0 Å². The lowest BCUT2D eigenvalue weighted by molar-refractivity contribution is -0.140. The van der Waals surface area contributed by atoms with Crippen LogP contribution in [-0.4, -0.2) is 41.1 Å². The van der Waals surface area contributed by atoms with Gasteiger partial charge in [0.1, 0.15) is 0 Å². The average Bonchev–Trinajstić information content (AvgIpc) is 2.74. The van der Waals surface area contributed by atoms with Crippen molar-refractivity contribution in [2.75, 3.05) is 20.1 Å². The Bertz CT molecular complexity index is 340. The number of hydrogen-bond donors (Lipinski definition) is 2. The molecule has 1 aromatic rings. The Hall–Kier alpha value is -1.29. The third-order valence-electron chi connectivity index (χ3n) is 3.46. The molecule has 1 aliphatic heterocycles. The normalized spacial score (nSPS) is 20.8. The van der Waals surface area contributed by atoms with Gasteiger partial charge in [0.05, 0.1) is 5.92 Å². The molecule has 1 atom stereocenters. The molecule has 0 saturated carbocycles. The number of H-pyrrole nitrogens is 1. The molecule has 1 fully saturated rings. The molecule has 0 amide bonds. The van der Waals surface area contributed by atoms with Crippen LogP contribution >= 0.6 is 0 Å². The molecule has 1 aromatic heterocycles. The van der Waals surface area contributed by atoms with Gasteiger partial charge in [-0.05, 0) is 51.0 Å². The molecule has 0 bridgehead atoms. The number of carboxylic acid groups (broad SMARTS) is 1. The van der Waals surface area contributed by atoms with Crippen molar-refractivity contribution in [3.63, 3.8) is 0 Å². The van der Waals surface area contributed by atoms with Crippen molar-refractivity contribution in [1.29, 1.82) is 0 Å². The highest BCUT2D eigenvalue weighted by atomic mass is 16.4. The standard InChI is InChI=1S/C12H18N2O2/c1-14-7-4-9(5-8-14)11(12(15)16)10-3-2-6-13-10/h2-3,6,9,11,13H,4-5,7-8H2,1H3,(H,15,16). The van der Waals surface area contributed by atoms with Crippen molar-refractivity contribution >= 4 is 5.97 Å². The first-order valence-corrected chi connectivity index (χ1v) is 5.73. The highest BCUT2D eigenvalue weighted by Gasteiger charge is 2.32. The number of aromatic amines is 1. The maximum Gasteiger partial charge on any atom is 0.312 e. The van der Waals surface area contributed by atoms with E-state index in [2.05, 4.69) is 16.9 Å². The van der Waals surface area contributed by atoms with Gasteiger partial charge in [-0.2, -0.15) is 0 Å². The molecule has 0 aromatic carbocycles. The maximum absolute atomic E-state index is 11.3. The minimum Gasteiger partial charge on any atom is -0.481 e. The minimum atomic E-state index is -0.711. The van der Waals surface area contributed by atoms with E-state index in [1.165, 1.54) is 0 Å². The number of rotatable bonds is 3. The van der Waals surface area contributed by atoms with Crippen LogP contribution in [0.4, 0.5) is 0 Å². The second-order valence-electron chi connectivity index (χ2n) is 4.58. The summed E-state index contributed by atoms with van der Waals surface area (Å²) in [7, 11) is 2.08. The average molecular weight is 222 g/mol. The number of hydrogen-bond acceptors (Lipinski definition) is 2. The van der Waals surface area contributed by atoms with E-state index in [0.29, 0.717) is 0 Å². The zero-order chi connectivity index (χ0) is 11.5. The number of nitrogens with zero attached hydrogens (tertiary/aromatic N) is 1. The first-order chi connectivity index (χ1) is 7.68. The van der Waals surface area contributed by atoms with Gasteiger partial charge in [0.15, 0.2) is 0 Å². The lowest BCUT2D eigenvalue weighted by Crippen LogP contribution is -2.35. The van der Waals surface area contributed by atoms with Crippen LogP contribution in [0.15, 0.2) is 18.3 Å². The van der Waals surface area contributed by atoms with Crippen LogP contribution in [0, 0.1) is 5.92 Å². The Balaban J connectivity index is 2.11. The molecule has 2 rings (SSSR count). The van der Waals surface area contributed by atoms with Crippen molar-refractivity contribution in [2.45, 2.75) is 18.8 Å². The molecule has 1 unspecified atom stereocenters. The van der Waals surface area contributed by atoms with Gasteiger partial charge in [-0.1, -0.05) is 0 Å². The largest absolute Gasteiger partial charge is 0.481 e. The van der Waals surface area contributed by atoms with Crippen LogP contribution in [0.3, 0.4) is 0 Å². The molecule has 88 valence electrons. The van der Waals surface area contributed by atoms with E-state index in [1.807, 2.05) is 12.1 Å². The Morgan fingerprint density at radius 3 is 2.75 bits per heavy atom. The van der Waals surface area contributed by atoms with Crippen molar-refractivity contribution in [2.24, 2.45) is 5.92 Å². The topological polar surface area (TPSA) is 56.3 Å². The van der Waals surface area contributed by atoms with Crippen molar-refractivity contribution in [1.82, 2.24) is 9.88 Å². The fourth-order valence-electron chi connectivity index (χ4n) is 2.49. The van der Waals surface area contributed by atoms with Crippen molar-refractivity contribution < 1.29 is 9.90 Å². The van der Waals surface area contributed by atoms with E-state index in [9.17, 15) is 9.90 Å². The lowest BCUT2D eigenvalue weighted by atomic mass is 9.82. The molecule has 0 radical (unpaired) electrons.